The van der Waals surface area contributed by atoms with Crippen molar-refractivity contribution in [1.29, 1.82) is 0 Å². The molecule has 1 N–H and O–H groups in total. The average molecular weight is 242 g/mol. The van der Waals surface area contributed by atoms with Crippen molar-refractivity contribution < 1.29 is 9.53 Å². The molecule has 1 heterocycles. The molecule has 4 nitrogen and oxygen atoms in total. The lowest BCUT2D eigenvalue weighted by Crippen LogP contribution is -2.50. The Balaban J connectivity index is 2.44. The number of nitrogens with one attached hydrogen (secondary N) is 1. The van der Waals surface area contributed by atoms with Crippen LogP contribution >= 0.6 is 0 Å². The Bertz CT molecular complexity index is 236. The van der Waals surface area contributed by atoms with E-state index in [4.69, 9.17) is 4.74 Å². The van der Waals surface area contributed by atoms with Gasteiger partial charge in [-0.1, -0.05) is 27.7 Å². The molecule has 0 radical (unpaired) electrons. The van der Waals surface area contributed by atoms with Gasteiger partial charge in [-0.05, 0) is 5.92 Å². The van der Waals surface area contributed by atoms with Crippen molar-refractivity contribution in [2.45, 2.75) is 33.7 Å². The van der Waals surface area contributed by atoms with E-state index >= 15 is 0 Å². The zero-order chi connectivity index (χ0) is 12.8. The normalized spacial score (nSPS) is 19.6. The molecule has 1 amide bonds. The lowest BCUT2D eigenvalue weighted by atomic mass is 10.0. The number of nitrogens with zero attached hydrogens (tertiary/aromatic N) is 1. The quantitative estimate of drug-likeness (QED) is 0.785. The second kappa shape index (κ2) is 6.97. The molecule has 1 unspecified atom stereocenters. The summed E-state index contributed by atoms with van der Waals surface area (Å²) >= 11 is 0. The van der Waals surface area contributed by atoms with Crippen molar-refractivity contribution in [3.05, 3.63) is 0 Å². The van der Waals surface area contributed by atoms with Gasteiger partial charge in [0.25, 0.3) is 0 Å². The Morgan fingerprint density at radius 2 is 1.82 bits per heavy atom. The molecule has 100 valence electrons. The van der Waals surface area contributed by atoms with E-state index in [9.17, 15) is 4.79 Å². The number of carbonyl (C=O) groups excluding carboxylic acids is 1. The van der Waals surface area contributed by atoms with Crippen LogP contribution in [0.2, 0.25) is 0 Å². The van der Waals surface area contributed by atoms with Crippen LogP contribution in [0.1, 0.15) is 27.7 Å². The van der Waals surface area contributed by atoms with Crippen LogP contribution in [0.25, 0.3) is 0 Å². The second-order valence-corrected chi connectivity index (χ2v) is 5.43. The van der Waals surface area contributed by atoms with Gasteiger partial charge in [0.15, 0.2) is 0 Å². The summed E-state index contributed by atoms with van der Waals surface area (Å²) in [6, 6.07) is 0.239. The lowest BCUT2D eigenvalue weighted by molar-refractivity contribution is -0.125. The van der Waals surface area contributed by atoms with Gasteiger partial charge in [0.05, 0.1) is 13.2 Å². The van der Waals surface area contributed by atoms with E-state index in [0.29, 0.717) is 5.92 Å². The fourth-order valence-electron chi connectivity index (χ4n) is 1.83. The fraction of sp³-hybridized carbons (Fsp3) is 0.923. The zero-order valence-corrected chi connectivity index (χ0v) is 11.5. The maximum Gasteiger partial charge on any atom is 0.222 e. The van der Waals surface area contributed by atoms with Gasteiger partial charge in [0.1, 0.15) is 0 Å². The van der Waals surface area contributed by atoms with E-state index in [1.807, 2.05) is 13.8 Å². The van der Waals surface area contributed by atoms with Crippen LogP contribution in [0.4, 0.5) is 0 Å². The molecule has 0 spiro atoms. The Morgan fingerprint density at radius 3 is 2.29 bits per heavy atom. The summed E-state index contributed by atoms with van der Waals surface area (Å²) in [6.45, 7) is 12.7. The first-order valence-electron chi connectivity index (χ1n) is 6.61. The van der Waals surface area contributed by atoms with Crippen molar-refractivity contribution in [2.24, 2.45) is 11.8 Å². The van der Waals surface area contributed by atoms with Crippen LogP contribution in [-0.4, -0.2) is 49.7 Å². The second-order valence-electron chi connectivity index (χ2n) is 5.43. The van der Waals surface area contributed by atoms with Gasteiger partial charge in [0, 0.05) is 31.6 Å². The summed E-state index contributed by atoms with van der Waals surface area (Å²) in [4.78, 5) is 14.1. The molecular weight excluding hydrogens is 216 g/mol. The van der Waals surface area contributed by atoms with Crippen molar-refractivity contribution in [1.82, 2.24) is 10.2 Å². The molecule has 1 saturated heterocycles. The van der Waals surface area contributed by atoms with E-state index in [2.05, 4.69) is 24.1 Å². The van der Waals surface area contributed by atoms with E-state index < -0.39 is 0 Å². The predicted molar refractivity (Wildman–Crippen MR) is 68.9 cm³/mol. The van der Waals surface area contributed by atoms with E-state index in [1.54, 1.807) is 0 Å². The van der Waals surface area contributed by atoms with Crippen LogP contribution in [0.5, 0.6) is 0 Å². The summed E-state index contributed by atoms with van der Waals surface area (Å²) in [6.07, 6.45) is 0. The summed E-state index contributed by atoms with van der Waals surface area (Å²) in [5.41, 5.74) is 0. The van der Waals surface area contributed by atoms with Crippen LogP contribution in [-0.2, 0) is 9.53 Å². The fourth-order valence-corrected chi connectivity index (χ4v) is 1.83. The van der Waals surface area contributed by atoms with Gasteiger partial charge in [-0.15, -0.1) is 0 Å². The predicted octanol–water partition coefficient (Wildman–Crippen LogP) is 1.12. The Hall–Kier alpha value is -0.610. The molecule has 1 fully saturated rings. The van der Waals surface area contributed by atoms with Crippen LogP contribution in [0, 0.1) is 11.8 Å². The highest BCUT2D eigenvalue weighted by Crippen LogP contribution is 2.07. The van der Waals surface area contributed by atoms with Gasteiger partial charge in [-0.25, -0.2) is 0 Å². The summed E-state index contributed by atoms with van der Waals surface area (Å²) in [5, 5.41) is 3.14. The van der Waals surface area contributed by atoms with Gasteiger partial charge in [-0.3, -0.25) is 9.69 Å². The maximum atomic E-state index is 11.7. The van der Waals surface area contributed by atoms with Gasteiger partial charge in [-0.2, -0.15) is 0 Å². The Kier molecular flexibility index (Phi) is 5.92. The molecule has 0 aromatic heterocycles. The number of carbonyl (C=O) groups is 1. The monoisotopic (exact) mass is 242 g/mol. The minimum atomic E-state index is 0.0564. The van der Waals surface area contributed by atoms with Crippen LogP contribution in [0.15, 0.2) is 0 Å². The van der Waals surface area contributed by atoms with Crippen molar-refractivity contribution in [3.8, 4) is 0 Å². The highest BCUT2D eigenvalue weighted by Gasteiger charge is 2.21. The molecule has 0 aromatic carbocycles. The number of rotatable bonds is 5. The number of hydrogen-bond acceptors (Lipinski definition) is 3. The average Bonchev–Trinajstić information content (AvgIpc) is 2.29. The van der Waals surface area contributed by atoms with E-state index in [0.717, 1.165) is 32.8 Å². The number of amides is 1. The maximum absolute atomic E-state index is 11.7. The minimum absolute atomic E-state index is 0.0564. The van der Waals surface area contributed by atoms with Gasteiger partial charge >= 0.3 is 0 Å². The molecular formula is C13H26N2O2. The first kappa shape index (κ1) is 14.5. The molecule has 17 heavy (non-hydrogen) atoms. The first-order chi connectivity index (χ1) is 8.00. The van der Waals surface area contributed by atoms with E-state index in [1.165, 1.54) is 0 Å². The molecule has 0 saturated carbocycles. The summed E-state index contributed by atoms with van der Waals surface area (Å²) in [7, 11) is 0. The minimum Gasteiger partial charge on any atom is -0.379 e. The topological polar surface area (TPSA) is 41.6 Å². The molecule has 0 bridgehead atoms. The van der Waals surface area contributed by atoms with Gasteiger partial charge in [0.2, 0.25) is 5.91 Å². The lowest BCUT2D eigenvalue weighted by Gasteiger charge is -2.32. The molecule has 1 aliphatic rings. The smallest absolute Gasteiger partial charge is 0.222 e. The molecule has 1 atom stereocenters. The van der Waals surface area contributed by atoms with Crippen LogP contribution in [0.3, 0.4) is 0 Å². The number of hydrogen-bond donors (Lipinski definition) is 1. The molecule has 1 rings (SSSR count). The molecule has 4 heteroatoms. The van der Waals surface area contributed by atoms with Gasteiger partial charge < -0.3 is 10.1 Å². The van der Waals surface area contributed by atoms with Crippen molar-refractivity contribution in [2.75, 3.05) is 32.8 Å². The number of ether oxygens (including phenoxy) is 1. The molecule has 1 aliphatic heterocycles. The third-order valence-corrected chi connectivity index (χ3v) is 3.22. The third-order valence-electron chi connectivity index (χ3n) is 3.22. The zero-order valence-electron chi connectivity index (χ0n) is 11.5. The first-order valence-corrected chi connectivity index (χ1v) is 6.61. The standard InChI is InChI=1S/C13H26N2O2/c1-10(2)12(14-13(16)11(3)4)9-15-5-7-17-8-6-15/h10-12H,5-9H2,1-4H3,(H,14,16). The summed E-state index contributed by atoms with van der Waals surface area (Å²) < 4.78 is 5.33. The SMILES string of the molecule is CC(C)C(=O)NC(CN1CCOCC1)C(C)C. The van der Waals surface area contributed by atoms with Crippen molar-refractivity contribution >= 4 is 5.91 Å². The molecule has 0 aliphatic carbocycles. The summed E-state index contributed by atoms with van der Waals surface area (Å²) in [5.74, 6) is 0.665. The van der Waals surface area contributed by atoms with Crippen LogP contribution < -0.4 is 5.32 Å². The largest absolute Gasteiger partial charge is 0.379 e. The van der Waals surface area contributed by atoms with E-state index in [-0.39, 0.29) is 17.9 Å². The highest BCUT2D eigenvalue weighted by molar-refractivity contribution is 5.78. The Labute approximate surface area is 105 Å². The number of morpholine rings is 1. The Morgan fingerprint density at radius 1 is 1.24 bits per heavy atom. The highest BCUT2D eigenvalue weighted by atomic mass is 16.5. The molecule has 0 aromatic rings. The third kappa shape index (κ3) is 5.04. The van der Waals surface area contributed by atoms with Crippen molar-refractivity contribution in [3.63, 3.8) is 0 Å².